The van der Waals surface area contributed by atoms with Crippen molar-refractivity contribution < 1.29 is 8.42 Å². The Kier molecular flexibility index (Phi) is 4.09. The number of halogens is 1. The van der Waals surface area contributed by atoms with E-state index in [0.717, 1.165) is 11.2 Å². The van der Waals surface area contributed by atoms with E-state index in [0.29, 0.717) is 17.0 Å². The number of imidazole rings is 1. The first-order chi connectivity index (χ1) is 12.4. The van der Waals surface area contributed by atoms with Gasteiger partial charge in [-0.2, -0.15) is 0 Å². The topological polar surface area (TPSA) is 56.9 Å². The van der Waals surface area contributed by atoms with Crippen molar-refractivity contribution in [1.29, 1.82) is 0 Å². The molecule has 0 aliphatic carbocycles. The summed E-state index contributed by atoms with van der Waals surface area (Å²) in [7, 11) is -1.76. The molecule has 132 valence electrons. The lowest BCUT2D eigenvalue weighted by molar-refractivity contribution is 0.596. The second-order valence-electron chi connectivity index (χ2n) is 6.13. The van der Waals surface area contributed by atoms with Crippen molar-refractivity contribution in [1.82, 2.24) is 14.1 Å². The monoisotopic (exact) mass is 385 g/mol. The van der Waals surface area contributed by atoms with Gasteiger partial charge >= 0.3 is 0 Å². The van der Waals surface area contributed by atoms with Crippen LogP contribution in [0, 0.1) is 0 Å². The van der Waals surface area contributed by atoms with E-state index in [-0.39, 0.29) is 9.79 Å². The number of nitrogens with zero attached hydrogens (tertiary/aromatic N) is 3. The standard InChI is InChI=1S/C19H16ClN3O2S/c1-22-10-15(21-13-22)11-23-12-19(17-9-14(20)7-8-18(17)23)26(24,25)16-5-3-2-4-6-16/h2-10,12-13H,11H2,1H3. The van der Waals surface area contributed by atoms with Crippen LogP contribution in [0.1, 0.15) is 5.69 Å². The maximum absolute atomic E-state index is 13.2. The first-order valence-corrected chi connectivity index (χ1v) is 9.86. The molecule has 2 heterocycles. The minimum atomic E-state index is -3.65. The predicted octanol–water partition coefficient (Wildman–Crippen LogP) is 3.91. The molecule has 0 unspecified atom stereocenters. The Morgan fingerprint density at radius 1 is 1.08 bits per heavy atom. The van der Waals surface area contributed by atoms with E-state index < -0.39 is 9.84 Å². The van der Waals surface area contributed by atoms with Gasteiger partial charge in [-0.05, 0) is 30.3 Å². The van der Waals surface area contributed by atoms with E-state index in [4.69, 9.17) is 11.6 Å². The number of rotatable bonds is 4. The molecule has 0 saturated heterocycles. The summed E-state index contributed by atoms with van der Waals surface area (Å²) in [5, 5.41) is 1.11. The molecule has 0 fully saturated rings. The van der Waals surface area contributed by atoms with Crippen LogP contribution in [-0.2, 0) is 23.4 Å². The zero-order chi connectivity index (χ0) is 18.3. The highest BCUT2D eigenvalue weighted by Gasteiger charge is 2.23. The largest absolute Gasteiger partial charge is 0.340 e. The summed E-state index contributed by atoms with van der Waals surface area (Å²) in [5.74, 6) is 0. The van der Waals surface area contributed by atoms with Gasteiger partial charge in [0.15, 0.2) is 0 Å². The van der Waals surface area contributed by atoms with Crippen molar-refractivity contribution in [3.8, 4) is 0 Å². The molecule has 4 aromatic rings. The first-order valence-electron chi connectivity index (χ1n) is 8.00. The molecule has 26 heavy (non-hydrogen) atoms. The summed E-state index contributed by atoms with van der Waals surface area (Å²) in [6.45, 7) is 0.475. The van der Waals surface area contributed by atoms with Gasteiger partial charge in [0.1, 0.15) is 0 Å². The molecule has 0 saturated carbocycles. The normalized spacial score (nSPS) is 11.9. The lowest BCUT2D eigenvalue weighted by Crippen LogP contribution is -2.02. The molecule has 0 N–H and O–H groups in total. The van der Waals surface area contributed by atoms with Crippen LogP contribution < -0.4 is 0 Å². The van der Waals surface area contributed by atoms with E-state index in [1.807, 2.05) is 28.4 Å². The smallest absolute Gasteiger partial charge is 0.208 e. The minimum Gasteiger partial charge on any atom is -0.340 e. The van der Waals surface area contributed by atoms with Crippen LogP contribution in [0.4, 0.5) is 0 Å². The fourth-order valence-corrected chi connectivity index (χ4v) is 4.69. The summed E-state index contributed by atoms with van der Waals surface area (Å²) in [6, 6.07) is 13.7. The summed E-state index contributed by atoms with van der Waals surface area (Å²) in [6.07, 6.45) is 5.30. The second-order valence-corrected chi connectivity index (χ2v) is 8.48. The Labute approximate surface area is 156 Å². The molecule has 0 atom stereocenters. The van der Waals surface area contributed by atoms with Gasteiger partial charge in [0.25, 0.3) is 0 Å². The van der Waals surface area contributed by atoms with Crippen LogP contribution in [-0.4, -0.2) is 22.5 Å². The summed E-state index contributed by atoms with van der Waals surface area (Å²) >= 11 is 6.14. The van der Waals surface area contributed by atoms with Gasteiger partial charge in [-0.1, -0.05) is 29.8 Å². The Bertz CT molecular complexity index is 1190. The van der Waals surface area contributed by atoms with Crippen molar-refractivity contribution in [2.75, 3.05) is 0 Å². The average Bonchev–Trinajstić information content (AvgIpc) is 3.20. The number of sulfone groups is 1. The summed E-state index contributed by atoms with van der Waals surface area (Å²) < 4.78 is 30.1. The Morgan fingerprint density at radius 3 is 2.54 bits per heavy atom. The molecular weight excluding hydrogens is 370 g/mol. The third-order valence-electron chi connectivity index (χ3n) is 4.24. The number of hydrogen-bond donors (Lipinski definition) is 0. The van der Waals surface area contributed by atoms with E-state index in [9.17, 15) is 8.42 Å². The fraction of sp³-hybridized carbons (Fsp3) is 0.105. The maximum atomic E-state index is 13.2. The van der Waals surface area contributed by atoms with Crippen LogP contribution in [0.5, 0.6) is 0 Å². The minimum absolute atomic E-state index is 0.247. The number of aromatic nitrogens is 3. The first kappa shape index (κ1) is 16.9. The van der Waals surface area contributed by atoms with Crippen molar-refractivity contribution >= 4 is 32.3 Å². The van der Waals surface area contributed by atoms with Crippen LogP contribution >= 0.6 is 11.6 Å². The van der Waals surface area contributed by atoms with E-state index in [1.165, 1.54) is 0 Å². The fourth-order valence-electron chi connectivity index (χ4n) is 3.03. The van der Waals surface area contributed by atoms with Crippen molar-refractivity contribution in [3.05, 3.63) is 78.0 Å². The lowest BCUT2D eigenvalue weighted by Gasteiger charge is -2.02. The molecule has 5 nitrogen and oxygen atoms in total. The number of aryl methyl sites for hydroxylation is 1. The van der Waals surface area contributed by atoms with Gasteiger partial charge in [-0.15, -0.1) is 0 Å². The lowest BCUT2D eigenvalue weighted by atomic mass is 10.2. The van der Waals surface area contributed by atoms with Crippen LogP contribution in [0.3, 0.4) is 0 Å². The predicted molar refractivity (Wildman–Crippen MR) is 101 cm³/mol. The molecule has 2 aromatic carbocycles. The SMILES string of the molecule is Cn1cnc(Cn2cc(S(=O)(=O)c3ccccc3)c3cc(Cl)ccc32)c1. The zero-order valence-electron chi connectivity index (χ0n) is 14.0. The third kappa shape index (κ3) is 2.91. The van der Waals surface area contributed by atoms with Crippen LogP contribution in [0.2, 0.25) is 5.02 Å². The highest BCUT2D eigenvalue weighted by molar-refractivity contribution is 7.91. The molecule has 0 amide bonds. The number of hydrogen-bond acceptors (Lipinski definition) is 3. The van der Waals surface area contributed by atoms with Crippen molar-refractivity contribution in [2.45, 2.75) is 16.3 Å². The molecular formula is C19H16ClN3O2S. The summed E-state index contributed by atoms with van der Waals surface area (Å²) in [4.78, 5) is 4.84. The Morgan fingerprint density at radius 2 is 1.85 bits per heavy atom. The molecule has 0 spiro atoms. The van der Waals surface area contributed by atoms with E-state index in [1.54, 1.807) is 55.0 Å². The average molecular weight is 386 g/mol. The number of fused-ring (bicyclic) bond motifs is 1. The Balaban J connectivity index is 1.91. The third-order valence-corrected chi connectivity index (χ3v) is 6.27. The van der Waals surface area contributed by atoms with Crippen molar-refractivity contribution in [3.63, 3.8) is 0 Å². The molecule has 0 radical (unpaired) electrons. The number of benzene rings is 2. The molecule has 4 rings (SSSR count). The zero-order valence-corrected chi connectivity index (χ0v) is 15.6. The maximum Gasteiger partial charge on any atom is 0.208 e. The molecule has 7 heteroatoms. The van der Waals surface area contributed by atoms with Gasteiger partial charge in [0.05, 0.1) is 28.4 Å². The van der Waals surface area contributed by atoms with E-state index >= 15 is 0 Å². The molecule has 0 aliphatic rings. The van der Waals surface area contributed by atoms with E-state index in [2.05, 4.69) is 4.98 Å². The highest BCUT2D eigenvalue weighted by Crippen LogP contribution is 2.32. The van der Waals surface area contributed by atoms with Gasteiger partial charge < -0.3 is 9.13 Å². The Hall–Kier alpha value is -2.57. The second kappa shape index (κ2) is 6.30. The van der Waals surface area contributed by atoms with Gasteiger partial charge in [-0.25, -0.2) is 13.4 Å². The van der Waals surface area contributed by atoms with Gasteiger partial charge in [-0.3, -0.25) is 0 Å². The van der Waals surface area contributed by atoms with Crippen LogP contribution in [0.25, 0.3) is 10.9 Å². The quantitative estimate of drug-likeness (QED) is 0.535. The van der Waals surface area contributed by atoms with Crippen molar-refractivity contribution in [2.24, 2.45) is 7.05 Å². The molecule has 2 aromatic heterocycles. The highest BCUT2D eigenvalue weighted by atomic mass is 35.5. The van der Waals surface area contributed by atoms with Gasteiger partial charge in [0.2, 0.25) is 9.84 Å². The molecule has 0 aliphatic heterocycles. The van der Waals surface area contributed by atoms with Crippen LogP contribution in [0.15, 0.2) is 77.0 Å². The van der Waals surface area contributed by atoms with Gasteiger partial charge in [0, 0.05) is 35.4 Å². The molecule has 0 bridgehead atoms. The summed E-state index contributed by atoms with van der Waals surface area (Å²) in [5.41, 5.74) is 1.65.